The van der Waals surface area contributed by atoms with Crippen molar-refractivity contribution in [1.29, 1.82) is 0 Å². The van der Waals surface area contributed by atoms with Crippen molar-refractivity contribution < 1.29 is 17.6 Å². The maximum absolute atomic E-state index is 13.1. The van der Waals surface area contributed by atoms with Crippen molar-refractivity contribution >= 4 is 5.69 Å². The van der Waals surface area contributed by atoms with Crippen LogP contribution in [0.5, 0.6) is 0 Å². The molecule has 2 fully saturated rings. The van der Waals surface area contributed by atoms with Crippen LogP contribution >= 0.6 is 0 Å². The molecule has 6 heteroatoms. The van der Waals surface area contributed by atoms with Gasteiger partial charge in [0.1, 0.15) is 5.82 Å². The lowest BCUT2D eigenvalue weighted by molar-refractivity contribution is -0.137. The van der Waals surface area contributed by atoms with Crippen LogP contribution in [-0.4, -0.2) is 25.7 Å². The predicted molar refractivity (Wildman–Crippen MR) is 63.5 cm³/mol. The smallest absolute Gasteiger partial charge is 0.369 e. The molecule has 0 aromatic heterocycles. The summed E-state index contributed by atoms with van der Waals surface area (Å²) in [5.41, 5.74) is -0.794. The Morgan fingerprint density at radius 2 is 2.00 bits per heavy atom. The highest BCUT2D eigenvalue weighted by molar-refractivity contribution is 5.56. The highest BCUT2D eigenvalue weighted by atomic mass is 19.4. The van der Waals surface area contributed by atoms with Crippen molar-refractivity contribution in [3.05, 3.63) is 29.6 Å². The van der Waals surface area contributed by atoms with E-state index < -0.39 is 17.6 Å². The number of benzene rings is 1. The van der Waals surface area contributed by atoms with Crippen LogP contribution in [0.15, 0.2) is 18.2 Å². The minimum Gasteiger partial charge on any atom is -0.369 e. The summed E-state index contributed by atoms with van der Waals surface area (Å²) in [4.78, 5) is 1.71. The molecule has 3 rings (SSSR count). The molecule has 2 atom stereocenters. The Kier molecular flexibility index (Phi) is 2.92. The van der Waals surface area contributed by atoms with E-state index in [9.17, 15) is 17.6 Å². The minimum absolute atomic E-state index is 0.0881. The van der Waals surface area contributed by atoms with Crippen LogP contribution in [0.3, 0.4) is 0 Å². The van der Waals surface area contributed by atoms with Gasteiger partial charge in [0.15, 0.2) is 0 Å². The summed E-state index contributed by atoms with van der Waals surface area (Å²) >= 11 is 0. The second-order valence-electron chi connectivity index (χ2n) is 5.17. The number of rotatable bonds is 1. The molecular formula is C13H14F4N2. The van der Waals surface area contributed by atoms with Gasteiger partial charge in [-0.15, -0.1) is 0 Å². The summed E-state index contributed by atoms with van der Waals surface area (Å²) in [5, 5.41) is 3.29. The van der Waals surface area contributed by atoms with Crippen LogP contribution in [0.2, 0.25) is 0 Å². The number of hydrogen-bond donors (Lipinski definition) is 1. The van der Waals surface area contributed by atoms with E-state index in [1.54, 1.807) is 4.90 Å². The van der Waals surface area contributed by atoms with Gasteiger partial charge in [-0.25, -0.2) is 4.39 Å². The Hall–Kier alpha value is -1.30. The summed E-state index contributed by atoms with van der Waals surface area (Å²) < 4.78 is 52.0. The quantitative estimate of drug-likeness (QED) is 0.792. The van der Waals surface area contributed by atoms with Gasteiger partial charge < -0.3 is 10.2 Å². The molecule has 1 N–H and O–H groups in total. The topological polar surface area (TPSA) is 15.3 Å². The normalized spacial score (nSPS) is 26.8. The second kappa shape index (κ2) is 4.37. The highest BCUT2D eigenvalue weighted by Crippen LogP contribution is 2.39. The zero-order valence-electron chi connectivity index (χ0n) is 10.2. The summed E-state index contributed by atoms with van der Waals surface area (Å²) in [7, 11) is 0. The van der Waals surface area contributed by atoms with Gasteiger partial charge in [-0.05, 0) is 37.1 Å². The van der Waals surface area contributed by atoms with Crippen LogP contribution in [0.1, 0.15) is 12.0 Å². The fourth-order valence-corrected chi connectivity index (χ4v) is 3.06. The molecule has 1 aromatic rings. The Morgan fingerprint density at radius 3 is 2.68 bits per heavy atom. The van der Waals surface area contributed by atoms with Gasteiger partial charge in [0.05, 0.1) is 5.56 Å². The number of halogens is 4. The second-order valence-corrected chi connectivity index (χ2v) is 5.17. The third-order valence-electron chi connectivity index (χ3n) is 3.97. The minimum atomic E-state index is -4.53. The number of nitrogens with zero attached hydrogens (tertiary/aromatic N) is 1. The van der Waals surface area contributed by atoms with E-state index in [1.165, 1.54) is 6.07 Å². The fraction of sp³-hybridized carbons (Fsp3) is 0.538. The Bertz CT molecular complexity index is 474. The fourth-order valence-electron chi connectivity index (χ4n) is 3.06. The van der Waals surface area contributed by atoms with Crippen molar-refractivity contribution in [3.63, 3.8) is 0 Å². The molecule has 2 heterocycles. The van der Waals surface area contributed by atoms with Gasteiger partial charge in [-0.3, -0.25) is 0 Å². The molecule has 19 heavy (non-hydrogen) atoms. The van der Waals surface area contributed by atoms with Gasteiger partial charge in [0.2, 0.25) is 0 Å². The Balaban J connectivity index is 1.93. The molecular weight excluding hydrogens is 260 g/mol. The number of nitrogens with one attached hydrogen (secondary N) is 1. The van der Waals surface area contributed by atoms with Crippen molar-refractivity contribution in [2.24, 2.45) is 5.92 Å². The Labute approximate surface area is 108 Å². The standard InChI is InChI=1S/C13H14F4N2/c14-9-1-2-12(10(5-9)13(15,16)17)19-6-8-3-4-18-11(8)7-19/h1-2,5,8,11,18H,3-4,6-7H2. The summed E-state index contributed by atoms with van der Waals surface area (Å²) in [5.74, 6) is -0.459. The first kappa shape index (κ1) is 12.7. The van der Waals surface area contributed by atoms with Gasteiger partial charge >= 0.3 is 6.18 Å². The molecule has 2 nitrogen and oxygen atoms in total. The lowest BCUT2D eigenvalue weighted by Gasteiger charge is -2.24. The van der Waals surface area contributed by atoms with Crippen molar-refractivity contribution in [2.45, 2.75) is 18.6 Å². The molecule has 2 aliphatic rings. The number of anilines is 1. The zero-order chi connectivity index (χ0) is 13.6. The molecule has 2 saturated heterocycles. The Morgan fingerprint density at radius 1 is 1.21 bits per heavy atom. The van der Waals surface area contributed by atoms with Gasteiger partial charge in [0, 0.05) is 24.8 Å². The summed E-state index contributed by atoms with van der Waals surface area (Å²) in [6.45, 7) is 2.09. The molecule has 0 spiro atoms. The zero-order valence-corrected chi connectivity index (χ0v) is 10.2. The predicted octanol–water partition coefficient (Wildman–Crippen LogP) is 2.64. The van der Waals surface area contributed by atoms with Crippen LogP contribution in [0, 0.1) is 11.7 Å². The molecule has 104 valence electrons. The first-order chi connectivity index (χ1) is 8.95. The van der Waals surface area contributed by atoms with Crippen molar-refractivity contribution in [1.82, 2.24) is 5.32 Å². The van der Waals surface area contributed by atoms with Crippen LogP contribution < -0.4 is 10.2 Å². The van der Waals surface area contributed by atoms with E-state index in [4.69, 9.17) is 0 Å². The summed E-state index contributed by atoms with van der Waals surface area (Å²) in [6, 6.07) is 3.16. The molecule has 0 radical (unpaired) electrons. The van der Waals surface area contributed by atoms with E-state index >= 15 is 0 Å². The molecule has 2 aliphatic heterocycles. The molecule has 1 aromatic carbocycles. The van der Waals surface area contributed by atoms with E-state index in [0.29, 0.717) is 25.1 Å². The lowest BCUT2D eigenvalue weighted by Crippen LogP contribution is -2.31. The molecule has 0 amide bonds. The monoisotopic (exact) mass is 274 g/mol. The van der Waals surface area contributed by atoms with Gasteiger partial charge in [-0.1, -0.05) is 0 Å². The maximum atomic E-state index is 13.1. The van der Waals surface area contributed by atoms with E-state index in [-0.39, 0.29) is 11.7 Å². The molecule has 0 aliphatic carbocycles. The summed E-state index contributed by atoms with van der Waals surface area (Å²) in [6.07, 6.45) is -3.54. The van der Waals surface area contributed by atoms with Gasteiger partial charge in [0.25, 0.3) is 0 Å². The molecule has 0 saturated carbocycles. The van der Waals surface area contributed by atoms with E-state index in [2.05, 4.69) is 5.32 Å². The molecule has 2 unspecified atom stereocenters. The van der Waals surface area contributed by atoms with Crippen molar-refractivity contribution in [2.75, 3.05) is 24.5 Å². The number of alkyl halides is 3. The molecule has 0 bridgehead atoms. The number of fused-ring (bicyclic) bond motifs is 1. The third kappa shape index (κ3) is 2.29. The van der Waals surface area contributed by atoms with Crippen LogP contribution in [-0.2, 0) is 6.18 Å². The lowest BCUT2D eigenvalue weighted by atomic mass is 10.1. The third-order valence-corrected chi connectivity index (χ3v) is 3.97. The average Bonchev–Trinajstić information content (AvgIpc) is 2.87. The maximum Gasteiger partial charge on any atom is 0.418 e. The van der Waals surface area contributed by atoms with Gasteiger partial charge in [-0.2, -0.15) is 13.2 Å². The number of hydrogen-bond acceptors (Lipinski definition) is 2. The first-order valence-electron chi connectivity index (χ1n) is 6.30. The van der Waals surface area contributed by atoms with E-state index in [0.717, 1.165) is 19.0 Å². The average molecular weight is 274 g/mol. The van der Waals surface area contributed by atoms with E-state index in [1.807, 2.05) is 0 Å². The van der Waals surface area contributed by atoms with Crippen LogP contribution in [0.25, 0.3) is 0 Å². The first-order valence-corrected chi connectivity index (χ1v) is 6.30. The highest BCUT2D eigenvalue weighted by Gasteiger charge is 2.40. The van der Waals surface area contributed by atoms with Crippen LogP contribution in [0.4, 0.5) is 23.2 Å². The SMILES string of the molecule is Fc1ccc(N2CC3CCNC3C2)c(C(F)(F)F)c1. The largest absolute Gasteiger partial charge is 0.418 e. The van der Waals surface area contributed by atoms with Crippen molar-refractivity contribution in [3.8, 4) is 0 Å².